The van der Waals surface area contributed by atoms with E-state index in [2.05, 4.69) is 30.1 Å². The normalized spacial score (nSPS) is 9.93. The van der Waals surface area contributed by atoms with Gasteiger partial charge in [0.1, 0.15) is 5.69 Å². The fraction of sp³-hybridized carbons (Fsp3) is 0.154. The monoisotopic (exact) mass is 196 g/mol. The van der Waals surface area contributed by atoms with Crippen LogP contribution in [0.1, 0.15) is 11.3 Å². The maximum absolute atomic E-state index is 5.41. The van der Waals surface area contributed by atoms with Crippen LogP contribution in [-0.4, -0.2) is 9.78 Å². The minimum Gasteiger partial charge on any atom is -0.274 e. The van der Waals surface area contributed by atoms with Gasteiger partial charge in [-0.15, -0.1) is 6.42 Å². The van der Waals surface area contributed by atoms with Crippen molar-refractivity contribution in [3.8, 4) is 23.5 Å². The van der Waals surface area contributed by atoms with E-state index in [1.807, 2.05) is 25.4 Å². The van der Waals surface area contributed by atoms with E-state index in [1.165, 1.54) is 5.56 Å². The molecule has 2 rings (SSSR count). The number of terminal acetylenes is 1. The third kappa shape index (κ3) is 1.77. The van der Waals surface area contributed by atoms with Gasteiger partial charge in [-0.2, -0.15) is 5.10 Å². The number of aryl methyl sites for hydroxylation is 2. The second kappa shape index (κ2) is 3.62. The minimum absolute atomic E-state index is 0.697. The molecule has 0 aliphatic carbocycles. The zero-order chi connectivity index (χ0) is 10.8. The molecule has 0 amide bonds. The van der Waals surface area contributed by atoms with E-state index in [0.717, 1.165) is 11.1 Å². The lowest BCUT2D eigenvalue weighted by molar-refractivity contribution is 0.764. The SMILES string of the molecule is C#Cc1nn(C)cc1-c1cccc(C)c1. The van der Waals surface area contributed by atoms with E-state index in [-0.39, 0.29) is 0 Å². The van der Waals surface area contributed by atoms with E-state index in [9.17, 15) is 0 Å². The molecule has 0 aliphatic rings. The summed E-state index contributed by atoms with van der Waals surface area (Å²) < 4.78 is 1.74. The van der Waals surface area contributed by atoms with E-state index in [4.69, 9.17) is 6.42 Å². The number of hydrogen-bond donors (Lipinski definition) is 0. The lowest BCUT2D eigenvalue weighted by Crippen LogP contribution is -1.86. The second-order valence-electron chi connectivity index (χ2n) is 3.58. The summed E-state index contributed by atoms with van der Waals surface area (Å²) in [7, 11) is 1.88. The highest BCUT2D eigenvalue weighted by Crippen LogP contribution is 2.22. The van der Waals surface area contributed by atoms with Crippen LogP contribution in [0, 0.1) is 19.3 Å². The Morgan fingerprint density at radius 2 is 2.20 bits per heavy atom. The van der Waals surface area contributed by atoms with Crippen LogP contribution < -0.4 is 0 Å². The molecule has 0 N–H and O–H groups in total. The Kier molecular flexibility index (Phi) is 2.31. The smallest absolute Gasteiger partial charge is 0.142 e. The molecule has 2 aromatic rings. The molecule has 1 aromatic heterocycles. The van der Waals surface area contributed by atoms with Crippen molar-refractivity contribution in [2.45, 2.75) is 6.92 Å². The lowest BCUT2D eigenvalue weighted by atomic mass is 10.0. The van der Waals surface area contributed by atoms with Crippen molar-refractivity contribution in [3.63, 3.8) is 0 Å². The van der Waals surface area contributed by atoms with Gasteiger partial charge in [0.15, 0.2) is 0 Å². The maximum Gasteiger partial charge on any atom is 0.142 e. The Morgan fingerprint density at radius 3 is 2.87 bits per heavy atom. The molecule has 2 heteroatoms. The van der Waals surface area contributed by atoms with Crippen LogP contribution in [-0.2, 0) is 7.05 Å². The molecule has 0 unspecified atom stereocenters. The van der Waals surface area contributed by atoms with Crippen LogP contribution in [0.15, 0.2) is 30.5 Å². The topological polar surface area (TPSA) is 17.8 Å². The van der Waals surface area contributed by atoms with E-state index < -0.39 is 0 Å². The summed E-state index contributed by atoms with van der Waals surface area (Å²) in [5, 5.41) is 4.22. The largest absolute Gasteiger partial charge is 0.274 e. The average Bonchev–Trinajstić information content (AvgIpc) is 2.59. The number of nitrogens with zero attached hydrogens (tertiary/aromatic N) is 2. The fourth-order valence-electron chi connectivity index (χ4n) is 1.62. The van der Waals surface area contributed by atoms with E-state index in [1.54, 1.807) is 4.68 Å². The van der Waals surface area contributed by atoms with Crippen molar-refractivity contribution in [1.29, 1.82) is 0 Å². The van der Waals surface area contributed by atoms with Gasteiger partial charge in [0.2, 0.25) is 0 Å². The molecule has 0 radical (unpaired) electrons. The molecule has 15 heavy (non-hydrogen) atoms. The summed E-state index contributed by atoms with van der Waals surface area (Å²) in [5.74, 6) is 2.60. The van der Waals surface area contributed by atoms with Gasteiger partial charge in [-0.25, -0.2) is 0 Å². The Balaban J connectivity index is 2.59. The Labute approximate surface area is 89.6 Å². The van der Waals surface area contributed by atoms with Crippen LogP contribution in [0.2, 0.25) is 0 Å². The summed E-state index contributed by atoms with van der Waals surface area (Å²) in [6.45, 7) is 2.06. The summed E-state index contributed by atoms with van der Waals surface area (Å²) >= 11 is 0. The van der Waals surface area contributed by atoms with Crippen LogP contribution in [0.4, 0.5) is 0 Å². The third-order valence-corrected chi connectivity index (χ3v) is 2.29. The molecule has 74 valence electrons. The number of rotatable bonds is 1. The van der Waals surface area contributed by atoms with Gasteiger partial charge in [-0.1, -0.05) is 29.8 Å². The molecule has 0 fully saturated rings. The highest BCUT2D eigenvalue weighted by Gasteiger charge is 2.07. The summed E-state index contributed by atoms with van der Waals surface area (Å²) in [6.07, 6.45) is 7.36. The van der Waals surface area contributed by atoms with Gasteiger partial charge in [-0.05, 0) is 18.4 Å². The predicted molar refractivity (Wildman–Crippen MR) is 61.3 cm³/mol. The Morgan fingerprint density at radius 1 is 1.40 bits per heavy atom. The molecule has 1 aromatic carbocycles. The first-order valence-electron chi connectivity index (χ1n) is 4.78. The number of benzene rings is 1. The van der Waals surface area contributed by atoms with Crippen molar-refractivity contribution in [1.82, 2.24) is 9.78 Å². The van der Waals surface area contributed by atoms with Gasteiger partial charge >= 0.3 is 0 Å². The highest BCUT2D eigenvalue weighted by atomic mass is 15.2. The van der Waals surface area contributed by atoms with Gasteiger partial charge < -0.3 is 0 Å². The van der Waals surface area contributed by atoms with Crippen molar-refractivity contribution in [2.75, 3.05) is 0 Å². The fourth-order valence-corrected chi connectivity index (χ4v) is 1.62. The predicted octanol–water partition coefficient (Wildman–Crippen LogP) is 2.38. The summed E-state index contributed by atoms with van der Waals surface area (Å²) in [6, 6.07) is 8.25. The van der Waals surface area contributed by atoms with Crippen LogP contribution >= 0.6 is 0 Å². The molecular weight excluding hydrogens is 184 g/mol. The Hall–Kier alpha value is -2.01. The first kappa shape index (κ1) is 9.54. The molecule has 0 atom stereocenters. The lowest BCUT2D eigenvalue weighted by Gasteiger charge is -1.99. The quantitative estimate of drug-likeness (QED) is 0.640. The summed E-state index contributed by atoms with van der Waals surface area (Å²) in [4.78, 5) is 0. The molecule has 0 bridgehead atoms. The standard InChI is InChI=1S/C13H12N2/c1-4-13-12(9-15(3)14-13)11-7-5-6-10(2)8-11/h1,5-9H,2-3H3. The van der Waals surface area contributed by atoms with Gasteiger partial charge in [-0.3, -0.25) is 4.68 Å². The van der Waals surface area contributed by atoms with Gasteiger partial charge in [0.05, 0.1) is 0 Å². The Bertz CT molecular complexity index is 530. The van der Waals surface area contributed by atoms with Crippen molar-refractivity contribution in [3.05, 3.63) is 41.7 Å². The maximum atomic E-state index is 5.41. The number of aromatic nitrogens is 2. The highest BCUT2D eigenvalue weighted by molar-refractivity contribution is 5.69. The van der Waals surface area contributed by atoms with Crippen molar-refractivity contribution < 1.29 is 0 Å². The van der Waals surface area contributed by atoms with E-state index in [0.29, 0.717) is 5.69 Å². The van der Waals surface area contributed by atoms with Crippen molar-refractivity contribution in [2.24, 2.45) is 7.05 Å². The molecule has 0 spiro atoms. The van der Waals surface area contributed by atoms with Gasteiger partial charge in [0.25, 0.3) is 0 Å². The number of hydrogen-bond acceptors (Lipinski definition) is 1. The van der Waals surface area contributed by atoms with E-state index >= 15 is 0 Å². The molecular formula is C13H12N2. The third-order valence-electron chi connectivity index (χ3n) is 2.29. The molecule has 1 heterocycles. The zero-order valence-corrected chi connectivity index (χ0v) is 8.86. The first-order chi connectivity index (χ1) is 7.20. The van der Waals surface area contributed by atoms with Crippen LogP contribution in [0.3, 0.4) is 0 Å². The van der Waals surface area contributed by atoms with Crippen LogP contribution in [0.25, 0.3) is 11.1 Å². The first-order valence-corrected chi connectivity index (χ1v) is 4.78. The molecule has 0 saturated carbocycles. The molecule has 0 saturated heterocycles. The zero-order valence-electron chi connectivity index (χ0n) is 8.86. The van der Waals surface area contributed by atoms with Crippen LogP contribution in [0.5, 0.6) is 0 Å². The van der Waals surface area contributed by atoms with Gasteiger partial charge in [0, 0.05) is 18.8 Å². The summed E-state index contributed by atoms with van der Waals surface area (Å²) in [5.41, 5.74) is 4.06. The van der Waals surface area contributed by atoms with Crippen molar-refractivity contribution >= 4 is 0 Å². The second-order valence-corrected chi connectivity index (χ2v) is 3.58. The average molecular weight is 196 g/mol. The minimum atomic E-state index is 0.697. The molecule has 0 aliphatic heterocycles. The molecule has 2 nitrogen and oxygen atoms in total.